The molecule has 106 valence electrons. The van der Waals surface area contributed by atoms with Crippen LogP contribution in [0.25, 0.3) is 0 Å². The van der Waals surface area contributed by atoms with Gasteiger partial charge in [-0.1, -0.05) is 0 Å². The first-order valence-electron chi connectivity index (χ1n) is 5.90. The number of ether oxygens (including phenoxy) is 1. The van der Waals surface area contributed by atoms with Gasteiger partial charge in [-0.3, -0.25) is 4.79 Å². The van der Waals surface area contributed by atoms with Crippen LogP contribution in [0.3, 0.4) is 0 Å². The second-order valence-electron chi connectivity index (χ2n) is 4.09. The number of aryl methyl sites for hydroxylation is 1. The predicted molar refractivity (Wildman–Crippen MR) is 69.1 cm³/mol. The number of carboxylic acid groups (broad SMARTS) is 1. The van der Waals surface area contributed by atoms with Gasteiger partial charge in [0.25, 0.3) is 5.91 Å². The Morgan fingerprint density at radius 3 is 2.75 bits per heavy atom. The molecular formula is C13H15N3O4. The van der Waals surface area contributed by atoms with Crippen LogP contribution < -0.4 is 5.32 Å². The SMILES string of the molecule is COCCC(NC(=O)c1ccc(C#N)c(C)n1)C(=O)O. The Bertz CT molecular complexity index is 551. The Kier molecular flexibility index (Phi) is 5.62. The van der Waals surface area contributed by atoms with Crippen molar-refractivity contribution in [1.29, 1.82) is 5.26 Å². The average molecular weight is 277 g/mol. The monoisotopic (exact) mass is 277 g/mol. The van der Waals surface area contributed by atoms with Crippen molar-refractivity contribution in [2.24, 2.45) is 0 Å². The lowest BCUT2D eigenvalue weighted by Gasteiger charge is -2.13. The highest BCUT2D eigenvalue weighted by atomic mass is 16.5. The number of methoxy groups -OCH3 is 1. The van der Waals surface area contributed by atoms with Crippen LogP contribution in [0.15, 0.2) is 12.1 Å². The molecule has 0 spiro atoms. The van der Waals surface area contributed by atoms with Crippen molar-refractivity contribution in [2.45, 2.75) is 19.4 Å². The molecule has 1 aromatic heterocycles. The van der Waals surface area contributed by atoms with Crippen molar-refractivity contribution in [2.75, 3.05) is 13.7 Å². The predicted octanol–water partition coefficient (Wildman–Crippen LogP) is 0.481. The summed E-state index contributed by atoms with van der Waals surface area (Å²) in [5.74, 6) is -1.73. The first-order valence-corrected chi connectivity index (χ1v) is 5.90. The number of rotatable bonds is 6. The minimum atomic E-state index is -1.14. The summed E-state index contributed by atoms with van der Waals surface area (Å²) in [6, 6.07) is 3.76. The zero-order chi connectivity index (χ0) is 15.1. The normalized spacial score (nSPS) is 11.4. The molecule has 0 saturated carbocycles. The van der Waals surface area contributed by atoms with Gasteiger partial charge in [-0.25, -0.2) is 9.78 Å². The van der Waals surface area contributed by atoms with E-state index in [4.69, 9.17) is 15.1 Å². The van der Waals surface area contributed by atoms with E-state index in [-0.39, 0.29) is 18.7 Å². The summed E-state index contributed by atoms with van der Waals surface area (Å²) < 4.78 is 4.79. The molecule has 1 atom stereocenters. The molecule has 1 unspecified atom stereocenters. The molecule has 1 rings (SSSR count). The van der Waals surface area contributed by atoms with Crippen LogP contribution in [0, 0.1) is 18.3 Å². The summed E-state index contributed by atoms with van der Waals surface area (Å²) in [6.45, 7) is 1.83. The number of amides is 1. The lowest BCUT2D eigenvalue weighted by Crippen LogP contribution is -2.41. The number of hydrogen-bond donors (Lipinski definition) is 2. The van der Waals surface area contributed by atoms with E-state index in [1.807, 2.05) is 6.07 Å². The number of aromatic nitrogens is 1. The van der Waals surface area contributed by atoms with Crippen LogP contribution in [-0.4, -0.2) is 41.7 Å². The molecule has 0 bridgehead atoms. The second kappa shape index (κ2) is 7.21. The number of nitrogens with one attached hydrogen (secondary N) is 1. The van der Waals surface area contributed by atoms with E-state index in [1.54, 1.807) is 6.92 Å². The molecule has 1 aromatic rings. The van der Waals surface area contributed by atoms with E-state index in [0.717, 1.165) is 0 Å². The van der Waals surface area contributed by atoms with Gasteiger partial charge in [-0.15, -0.1) is 0 Å². The van der Waals surface area contributed by atoms with Crippen molar-refractivity contribution in [1.82, 2.24) is 10.3 Å². The average Bonchev–Trinajstić information content (AvgIpc) is 2.42. The van der Waals surface area contributed by atoms with Gasteiger partial charge in [0.05, 0.1) is 11.3 Å². The summed E-state index contributed by atoms with van der Waals surface area (Å²) >= 11 is 0. The molecule has 0 radical (unpaired) electrons. The summed E-state index contributed by atoms with van der Waals surface area (Å²) in [6.07, 6.45) is 0.160. The van der Waals surface area contributed by atoms with Crippen molar-refractivity contribution < 1.29 is 19.4 Å². The van der Waals surface area contributed by atoms with Gasteiger partial charge < -0.3 is 15.2 Å². The fourth-order valence-electron chi connectivity index (χ4n) is 1.53. The Morgan fingerprint density at radius 2 is 2.25 bits per heavy atom. The fraction of sp³-hybridized carbons (Fsp3) is 0.385. The van der Waals surface area contributed by atoms with Crippen LogP contribution in [0.2, 0.25) is 0 Å². The summed E-state index contributed by atoms with van der Waals surface area (Å²) in [4.78, 5) is 26.9. The summed E-state index contributed by atoms with van der Waals surface area (Å²) in [5, 5.41) is 20.1. The Labute approximate surface area is 116 Å². The van der Waals surface area contributed by atoms with E-state index < -0.39 is 17.9 Å². The molecule has 0 fully saturated rings. The van der Waals surface area contributed by atoms with E-state index in [0.29, 0.717) is 11.3 Å². The van der Waals surface area contributed by atoms with Gasteiger partial charge in [-0.05, 0) is 19.1 Å². The molecule has 7 nitrogen and oxygen atoms in total. The van der Waals surface area contributed by atoms with E-state index in [2.05, 4.69) is 10.3 Å². The number of carbonyl (C=O) groups excluding carboxylic acids is 1. The maximum atomic E-state index is 11.9. The van der Waals surface area contributed by atoms with E-state index in [1.165, 1.54) is 19.2 Å². The number of hydrogen-bond acceptors (Lipinski definition) is 5. The fourth-order valence-corrected chi connectivity index (χ4v) is 1.53. The first-order chi connectivity index (χ1) is 9.49. The van der Waals surface area contributed by atoms with Gasteiger partial charge in [0.2, 0.25) is 0 Å². The Hall–Kier alpha value is -2.46. The molecule has 0 aliphatic carbocycles. The van der Waals surface area contributed by atoms with Crippen LogP contribution >= 0.6 is 0 Å². The lowest BCUT2D eigenvalue weighted by atomic mass is 10.1. The minimum Gasteiger partial charge on any atom is -0.480 e. The van der Waals surface area contributed by atoms with E-state index in [9.17, 15) is 9.59 Å². The maximum Gasteiger partial charge on any atom is 0.326 e. The number of nitrogens with zero attached hydrogens (tertiary/aromatic N) is 2. The number of carboxylic acids is 1. The first kappa shape index (κ1) is 15.6. The molecule has 0 aliphatic heterocycles. The van der Waals surface area contributed by atoms with Gasteiger partial charge in [-0.2, -0.15) is 5.26 Å². The van der Waals surface area contributed by atoms with Crippen molar-refractivity contribution in [3.05, 3.63) is 29.1 Å². The quantitative estimate of drug-likeness (QED) is 0.782. The topological polar surface area (TPSA) is 112 Å². The van der Waals surface area contributed by atoms with Gasteiger partial charge in [0, 0.05) is 20.1 Å². The Morgan fingerprint density at radius 1 is 1.55 bits per heavy atom. The minimum absolute atomic E-state index is 0.0742. The highest BCUT2D eigenvalue weighted by Crippen LogP contribution is 2.06. The van der Waals surface area contributed by atoms with Crippen LogP contribution in [-0.2, 0) is 9.53 Å². The molecule has 0 saturated heterocycles. The molecule has 1 heterocycles. The van der Waals surface area contributed by atoms with E-state index >= 15 is 0 Å². The highest BCUT2D eigenvalue weighted by Gasteiger charge is 2.21. The second-order valence-corrected chi connectivity index (χ2v) is 4.09. The summed E-state index contributed by atoms with van der Waals surface area (Å²) in [7, 11) is 1.45. The zero-order valence-electron chi connectivity index (χ0n) is 11.2. The highest BCUT2D eigenvalue weighted by molar-refractivity contribution is 5.95. The van der Waals surface area contributed by atoms with Crippen LogP contribution in [0.1, 0.15) is 28.2 Å². The number of pyridine rings is 1. The van der Waals surface area contributed by atoms with Gasteiger partial charge in [0.15, 0.2) is 0 Å². The number of aliphatic carboxylic acids is 1. The third-order valence-corrected chi connectivity index (χ3v) is 2.65. The van der Waals surface area contributed by atoms with Crippen molar-refractivity contribution >= 4 is 11.9 Å². The zero-order valence-corrected chi connectivity index (χ0v) is 11.2. The molecule has 1 amide bonds. The standard InChI is InChI=1S/C13H15N3O4/c1-8-9(7-14)3-4-10(15-8)12(17)16-11(13(18)19)5-6-20-2/h3-4,11H,5-6H2,1-2H3,(H,16,17)(H,18,19). The molecule has 0 aliphatic rings. The summed E-state index contributed by atoms with van der Waals surface area (Å²) in [5.41, 5.74) is 0.866. The smallest absolute Gasteiger partial charge is 0.326 e. The number of nitriles is 1. The molecule has 20 heavy (non-hydrogen) atoms. The van der Waals surface area contributed by atoms with Crippen LogP contribution in [0.4, 0.5) is 0 Å². The van der Waals surface area contributed by atoms with Crippen molar-refractivity contribution in [3.63, 3.8) is 0 Å². The van der Waals surface area contributed by atoms with Gasteiger partial charge >= 0.3 is 5.97 Å². The molecular weight excluding hydrogens is 262 g/mol. The molecule has 0 aromatic carbocycles. The molecule has 7 heteroatoms. The Balaban J connectivity index is 2.81. The van der Waals surface area contributed by atoms with Crippen LogP contribution in [0.5, 0.6) is 0 Å². The largest absolute Gasteiger partial charge is 0.480 e. The third-order valence-electron chi connectivity index (χ3n) is 2.65. The maximum absolute atomic E-state index is 11.9. The van der Waals surface area contributed by atoms with Gasteiger partial charge in [0.1, 0.15) is 17.8 Å². The number of carbonyl (C=O) groups is 2. The molecule has 2 N–H and O–H groups in total. The third kappa shape index (κ3) is 4.03. The lowest BCUT2D eigenvalue weighted by molar-refractivity contribution is -0.139. The van der Waals surface area contributed by atoms with Crippen molar-refractivity contribution in [3.8, 4) is 6.07 Å².